The van der Waals surface area contributed by atoms with Crippen LogP contribution in [0.4, 0.5) is 30.7 Å². The molecule has 2 saturated carbocycles. The highest BCUT2D eigenvalue weighted by Gasteiger charge is 2.44. The van der Waals surface area contributed by atoms with E-state index < -0.39 is 35.7 Å². The lowest BCUT2D eigenvalue weighted by atomic mass is 9.77. The molecule has 0 atom stereocenters. The van der Waals surface area contributed by atoms with Crippen LogP contribution in [0.5, 0.6) is 11.5 Å². The molecule has 0 bridgehead atoms. The van der Waals surface area contributed by atoms with Crippen molar-refractivity contribution in [2.45, 2.75) is 108 Å². The first-order valence-corrected chi connectivity index (χ1v) is 16.4. The van der Waals surface area contributed by atoms with Gasteiger partial charge in [0.05, 0.1) is 5.92 Å². The van der Waals surface area contributed by atoms with Crippen LogP contribution in [0.3, 0.4) is 0 Å². The third kappa shape index (κ3) is 8.77. The molecule has 2 fully saturated rings. The molecule has 0 heterocycles. The van der Waals surface area contributed by atoms with E-state index in [1.54, 1.807) is 6.07 Å². The van der Waals surface area contributed by atoms with E-state index in [2.05, 4.69) is 23.8 Å². The van der Waals surface area contributed by atoms with Crippen molar-refractivity contribution in [3.63, 3.8) is 0 Å². The van der Waals surface area contributed by atoms with Gasteiger partial charge < -0.3 is 9.47 Å². The molecule has 9 heteroatoms. The molecular weight excluding hydrogens is 609 g/mol. The molecule has 2 nitrogen and oxygen atoms in total. The van der Waals surface area contributed by atoms with Gasteiger partial charge in [-0.1, -0.05) is 69.0 Å². The molecule has 5 rings (SSSR count). The summed E-state index contributed by atoms with van der Waals surface area (Å²) in [6.45, 7) is 2.24. The standard InChI is InChI=1S/C37H41F7O2/c1-2-3-4-5-24-6-8-25(9-7-24)26-10-12-27(13-11-26)29-16-20-32(33(38)22-29)28-14-17-30(18-15-28)36(40,41)45-31-19-21-35(34(39)23-31)46-37(42,43)44/h10-13,16,19-25,28,30H,2-9,14-15,17-18H2,1H3. The van der Waals surface area contributed by atoms with E-state index in [-0.39, 0.29) is 24.6 Å². The fourth-order valence-electron chi connectivity index (χ4n) is 7.19. The number of alkyl halides is 5. The van der Waals surface area contributed by atoms with Crippen LogP contribution < -0.4 is 9.47 Å². The van der Waals surface area contributed by atoms with Gasteiger partial charge in [0.15, 0.2) is 11.6 Å². The topological polar surface area (TPSA) is 18.5 Å². The Balaban J connectivity index is 1.14. The van der Waals surface area contributed by atoms with Gasteiger partial charge in [-0.15, -0.1) is 13.2 Å². The van der Waals surface area contributed by atoms with Gasteiger partial charge in [-0.2, -0.15) is 8.78 Å². The monoisotopic (exact) mass is 650 g/mol. The molecule has 0 saturated heterocycles. The molecule has 0 aromatic heterocycles. The fourth-order valence-corrected chi connectivity index (χ4v) is 7.19. The number of ether oxygens (including phenoxy) is 2. The summed E-state index contributed by atoms with van der Waals surface area (Å²) in [5.74, 6) is -3.62. The fraction of sp³-hybridized carbons (Fsp3) is 0.514. The second-order valence-electron chi connectivity index (χ2n) is 12.9. The van der Waals surface area contributed by atoms with Gasteiger partial charge in [0.1, 0.15) is 11.6 Å². The summed E-state index contributed by atoms with van der Waals surface area (Å²) in [6, 6.07) is 15.4. The minimum absolute atomic E-state index is 0.0404. The molecule has 0 radical (unpaired) electrons. The van der Waals surface area contributed by atoms with E-state index in [1.165, 1.54) is 63.0 Å². The van der Waals surface area contributed by atoms with Crippen LogP contribution >= 0.6 is 0 Å². The van der Waals surface area contributed by atoms with Crippen LogP contribution in [0.2, 0.25) is 0 Å². The third-order valence-electron chi connectivity index (χ3n) is 9.80. The van der Waals surface area contributed by atoms with Gasteiger partial charge in [-0.25, -0.2) is 8.78 Å². The highest BCUT2D eigenvalue weighted by atomic mass is 19.4. The van der Waals surface area contributed by atoms with E-state index >= 15 is 4.39 Å². The Bertz CT molecular complexity index is 1420. The molecule has 3 aromatic carbocycles. The largest absolute Gasteiger partial charge is 0.573 e. The van der Waals surface area contributed by atoms with Crippen molar-refractivity contribution in [3.8, 4) is 22.6 Å². The molecule has 250 valence electrons. The maximum absolute atomic E-state index is 15.3. The summed E-state index contributed by atoms with van der Waals surface area (Å²) < 4.78 is 105. The Morgan fingerprint density at radius 2 is 1.30 bits per heavy atom. The zero-order chi connectivity index (χ0) is 32.9. The van der Waals surface area contributed by atoms with Gasteiger partial charge in [0, 0.05) is 6.07 Å². The zero-order valence-electron chi connectivity index (χ0n) is 26.0. The lowest BCUT2D eigenvalue weighted by Crippen LogP contribution is -2.37. The Kier molecular flexibility index (Phi) is 10.9. The molecule has 0 N–H and O–H groups in total. The number of unbranched alkanes of at least 4 members (excludes halogenated alkanes) is 2. The van der Waals surface area contributed by atoms with E-state index in [0.717, 1.165) is 23.1 Å². The van der Waals surface area contributed by atoms with Crippen LogP contribution in [-0.4, -0.2) is 12.5 Å². The van der Waals surface area contributed by atoms with E-state index in [9.17, 15) is 26.3 Å². The van der Waals surface area contributed by atoms with Gasteiger partial charge >= 0.3 is 12.5 Å². The van der Waals surface area contributed by atoms with Crippen LogP contribution in [-0.2, 0) is 0 Å². The maximum atomic E-state index is 15.3. The summed E-state index contributed by atoms with van der Waals surface area (Å²) in [4.78, 5) is 0. The lowest BCUT2D eigenvalue weighted by molar-refractivity contribution is -0.275. The molecule has 0 unspecified atom stereocenters. The van der Waals surface area contributed by atoms with Crippen molar-refractivity contribution in [1.82, 2.24) is 0 Å². The van der Waals surface area contributed by atoms with E-state index in [1.807, 2.05) is 18.2 Å². The first kappa shape index (κ1) is 34.1. The quantitative estimate of drug-likeness (QED) is 0.152. The van der Waals surface area contributed by atoms with E-state index in [0.29, 0.717) is 36.5 Å². The maximum Gasteiger partial charge on any atom is 0.573 e. The molecule has 0 aliphatic heterocycles. The zero-order valence-corrected chi connectivity index (χ0v) is 26.0. The second kappa shape index (κ2) is 14.7. The predicted octanol–water partition coefficient (Wildman–Crippen LogP) is 12.3. The van der Waals surface area contributed by atoms with Gasteiger partial charge in [-0.3, -0.25) is 0 Å². The van der Waals surface area contributed by atoms with Gasteiger partial charge in [0.2, 0.25) is 0 Å². The van der Waals surface area contributed by atoms with Crippen molar-refractivity contribution < 1.29 is 40.2 Å². The highest BCUT2D eigenvalue weighted by Crippen LogP contribution is 2.45. The first-order chi connectivity index (χ1) is 21.9. The molecule has 2 aliphatic rings. The number of hydrogen-bond donors (Lipinski definition) is 0. The summed E-state index contributed by atoms with van der Waals surface area (Å²) in [6.07, 6.45) is 2.14. The molecule has 3 aromatic rings. The lowest BCUT2D eigenvalue weighted by Gasteiger charge is -2.33. The van der Waals surface area contributed by atoms with Crippen LogP contribution in [0.1, 0.15) is 107 Å². The van der Waals surface area contributed by atoms with Gasteiger partial charge in [0.25, 0.3) is 0 Å². The minimum atomic E-state index is -5.12. The van der Waals surface area contributed by atoms with Crippen LogP contribution in [0.25, 0.3) is 11.1 Å². The second-order valence-corrected chi connectivity index (χ2v) is 12.9. The molecule has 46 heavy (non-hydrogen) atoms. The summed E-state index contributed by atoms with van der Waals surface area (Å²) in [5, 5.41) is 0. The van der Waals surface area contributed by atoms with Crippen molar-refractivity contribution in [1.29, 1.82) is 0 Å². The Hall–Kier alpha value is -3.23. The smallest absolute Gasteiger partial charge is 0.432 e. The number of benzene rings is 3. The molecule has 2 aliphatic carbocycles. The Labute approximate surface area is 266 Å². The summed E-state index contributed by atoms with van der Waals surface area (Å²) in [5.41, 5.74) is 3.52. The SMILES string of the molecule is CCCCCC1CCC(c2ccc(-c3ccc(C4CCC(C(F)(F)Oc5ccc(OC(F)(F)F)c(F)c5)CC4)c(F)c3)cc2)CC1. The van der Waals surface area contributed by atoms with Crippen LogP contribution in [0, 0.1) is 23.5 Å². The predicted molar refractivity (Wildman–Crippen MR) is 164 cm³/mol. The van der Waals surface area contributed by atoms with Crippen molar-refractivity contribution in [2.75, 3.05) is 0 Å². The summed E-state index contributed by atoms with van der Waals surface area (Å²) in [7, 11) is 0. The van der Waals surface area contributed by atoms with Crippen molar-refractivity contribution in [2.24, 2.45) is 11.8 Å². The Morgan fingerprint density at radius 1 is 0.652 bits per heavy atom. The third-order valence-corrected chi connectivity index (χ3v) is 9.80. The number of rotatable bonds is 11. The highest BCUT2D eigenvalue weighted by molar-refractivity contribution is 5.64. The Morgan fingerprint density at radius 3 is 1.91 bits per heavy atom. The average molecular weight is 651 g/mol. The van der Waals surface area contributed by atoms with Crippen molar-refractivity contribution in [3.05, 3.63) is 83.4 Å². The van der Waals surface area contributed by atoms with E-state index in [4.69, 9.17) is 4.74 Å². The average Bonchev–Trinajstić information content (AvgIpc) is 3.02. The minimum Gasteiger partial charge on any atom is -0.432 e. The summed E-state index contributed by atoms with van der Waals surface area (Å²) >= 11 is 0. The normalized spacial score (nSPS) is 22.4. The first-order valence-electron chi connectivity index (χ1n) is 16.4. The van der Waals surface area contributed by atoms with Crippen LogP contribution in [0.15, 0.2) is 60.7 Å². The molecule has 0 spiro atoms. The number of halogens is 7. The van der Waals surface area contributed by atoms with Crippen molar-refractivity contribution >= 4 is 0 Å². The molecular formula is C37H41F7O2. The number of hydrogen-bond acceptors (Lipinski definition) is 2. The molecule has 0 amide bonds. The van der Waals surface area contributed by atoms with Gasteiger partial charge in [-0.05, 0) is 110 Å².